The zero-order valence-electron chi connectivity index (χ0n) is 11.6. The van der Waals surface area contributed by atoms with Gasteiger partial charge in [0.05, 0.1) is 16.8 Å². The van der Waals surface area contributed by atoms with E-state index >= 15 is 0 Å². The number of carbonyl (C=O) groups excluding carboxylic acids is 1. The number of hydrogen-bond acceptors (Lipinski definition) is 2. The SMILES string of the molecule is O=C(NC[C@H](O)c1ccc(F)cc1F)Nc1ccc(Cl)cc1Cl. The Morgan fingerprint density at radius 2 is 1.91 bits per heavy atom. The Labute approximate surface area is 141 Å². The fourth-order valence-corrected chi connectivity index (χ4v) is 2.28. The van der Waals surface area contributed by atoms with E-state index in [1.165, 1.54) is 12.1 Å². The van der Waals surface area contributed by atoms with E-state index in [9.17, 15) is 18.7 Å². The summed E-state index contributed by atoms with van der Waals surface area (Å²) >= 11 is 11.6. The third-order valence-corrected chi connectivity index (χ3v) is 3.50. The molecule has 0 aromatic heterocycles. The lowest BCUT2D eigenvalue weighted by atomic mass is 10.1. The summed E-state index contributed by atoms with van der Waals surface area (Å²) in [4.78, 5) is 11.7. The van der Waals surface area contributed by atoms with Gasteiger partial charge in [-0.05, 0) is 24.3 Å². The zero-order valence-corrected chi connectivity index (χ0v) is 13.1. The maximum atomic E-state index is 13.5. The van der Waals surface area contributed by atoms with Gasteiger partial charge in [-0.1, -0.05) is 29.3 Å². The summed E-state index contributed by atoms with van der Waals surface area (Å²) in [6.07, 6.45) is -1.32. The highest BCUT2D eigenvalue weighted by Gasteiger charge is 2.15. The standard InChI is InChI=1S/C15H12Cl2F2N2O2/c16-8-1-4-13(11(17)5-8)21-15(23)20-7-14(22)10-3-2-9(18)6-12(10)19/h1-6,14,22H,7H2,(H2,20,21,23)/t14-/m0/s1. The van der Waals surface area contributed by atoms with Gasteiger partial charge in [0, 0.05) is 23.2 Å². The molecule has 0 unspecified atom stereocenters. The van der Waals surface area contributed by atoms with Crippen molar-refractivity contribution in [1.82, 2.24) is 5.32 Å². The molecule has 2 aromatic carbocycles. The summed E-state index contributed by atoms with van der Waals surface area (Å²) in [6, 6.07) is 6.68. The molecular weight excluding hydrogens is 349 g/mol. The van der Waals surface area contributed by atoms with Gasteiger partial charge in [-0.15, -0.1) is 0 Å². The molecule has 1 atom stereocenters. The average Bonchev–Trinajstić information content (AvgIpc) is 2.48. The van der Waals surface area contributed by atoms with Crippen LogP contribution >= 0.6 is 23.2 Å². The van der Waals surface area contributed by atoms with Gasteiger partial charge < -0.3 is 15.7 Å². The van der Waals surface area contributed by atoms with Gasteiger partial charge in [0.2, 0.25) is 0 Å². The van der Waals surface area contributed by atoms with Crippen molar-refractivity contribution in [2.45, 2.75) is 6.10 Å². The Kier molecular flexibility index (Phi) is 5.76. The Balaban J connectivity index is 1.93. The number of anilines is 1. The van der Waals surface area contributed by atoms with Crippen molar-refractivity contribution in [3.05, 3.63) is 63.6 Å². The molecule has 0 aliphatic rings. The Morgan fingerprint density at radius 1 is 1.17 bits per heavy atom. The lowest BCUT2D eigenvalue weighted by Crippen LogP contribution is -2.32. The minimum atomic E-state index is -1.32. The molecule has 2 aromatic rings. The van der Waals surface area contributed by atoms with Gasteiger partial charge in [0.15, 0.2) is 0 Å². The van der Waals surface area contributed by atoms with Crippen LogP contribution in [0.1, 0.15) is 11.7 Å². The summed E-state index contributed by atoms with van der Waals surface area (Å²) in [6.45, 7) is -0.264. The van der Waals surface area contributed by atoms with Crippen LogP contribution in [0, 0.1) is 11.6 Å². The molecule has 0 saturated carbocycles. The van der Waals surface area contributed by atoms with Gasteiger partial charge in [0.1, 0.15) is 11.6 Å². The van der Waals surface area contributed by atoms with E-state index in [1.807, 2.05) is 0 Å². The molecule has 122 valence electrons. The summed E-state index contributed by atoms with van der Waals surface area (Å²) < 4.78 is 26.3. The summed E-state index contributed by atoms with van der Waals surface area (Å²) in [7, 11) is 0. The molecule has 0 aliphatic heterocycles. The molecule has 2 amide bonds. The van der Waals surface area contributed by atoms with Crippen LogP contribution in [0.2, 0.25) is 10.0 Å². The van der Waals surface area contributed by atoms with E-state index in [4.69, 9.17) is 23.2 Å². The van der Waals surface area contributed by atoms with Crippen molar-refractivity contribution >= 4 is 34.9 Å². The molecule has 0 spiro atoms. The number of halogens is 4. The van der Waals surface area contributed by atoms with Crippen molar-refractivity contribution in [2.24, 2.45) is 0 Å². The average molecular weight is 361 g/mol. The fourth-order valence-electron chi connectivity index (χ4n) is 1.83. The van der Waals surface area contributed by atoms with E-state index in [-0.39, 0.29) is 17.1 Å². The molecule has 23 heavy (non-hydrogen) atoms. The highest BCUT2D eigenvalue weighted by Crippen LogP contribution is 2.25. The minimum Gasteiger partial charge on any atom is -0.386 e. The van der Waals surface area contributed by atoms with Crippen molar-refractivity contribution in [2.75, 3.05) is 11.9 Å². The van der Waals surface area contributed by atoms with Crippen molar-refractivity contribution in [3.63, 3.8) is 0 Å². The first kappa shape index (κ1) is 17.5. The van der Waals surface area contributed by atoms with Crippen LogP contribution in [-0.2, 0) is 0 Å². The number of benzene rings is 2. The largest absolute Gasteiger partial charge is 0.386 e. The number of urea groups is 1. The predicted octanol–water partition coefficient (Wildman–Crippen LogP) is 4.13. The zero-order chi connectivity index (χ0) is 17.0. The molecule has 2 rings (SSSR count). The van der Waals surface area contributed by atoms with E-state index in [2.05, 4.69) is 10.6 Å². The molecule has 0 aliphatic carbocycles. The number of carbonyl (C=O) groups is 1. The van der Waals surface area contributed by atoms with Crippen LogP contribution in [0.25, 0.3) is 0 Å². The third-order valence-electron chi connectivity index (χ3n) is 2.96. The Morgan fingerprint density at radius 3 is 2.57 bits per heavy atom. The predicted molar refractivity (Wildman–Crippen MR) is 84.8 cm³/mol. The Hall–Kier alpha value is -1.89. The number of amides is 2. The van der Waals surface area contributed by atoms with Gasteiger partial charge in [-0.2, -0.15) is 0 Å². The summed E-state index contributed by atoms with van der Waals surface area (Å²) in [5.41, 5.74) is 0.215. The van der Waals surface area contributed by atoms with E-state index in [1.54, 1.807) is 6.07 Å². The molecule has 0 saturated heterocycles. The van der Waals surface area contributed by atoms with E-state index in [0.29, 0.717) is 16.8 Å². The molecule has 0 radical (unpaired) electrons. The first-order chi connectivity index (χ1) is 10.9. The van der Waals surface area contributed by atoms with Crippen molar-refractivity contribution in [1.29, 1.82) is 0 Å². The minimum absolute atomic E-state index is 0.115. The van der Waals surface area contributed by atoms with E-state index in [0.717, 1.165) is 12.1 Å². The monoisotopic (exact) mass is 360 g/mol. The molecule has 0 bridgehead atoms. The second-order valence-electron chi connectivity index (χ2n) is 4.64. The second kappa shape index (κ2) is 7.59. The third kappa shape index (κ3) is 4.79. The van der Waals surface area contributed by atoms with Gasteiger partial charge in [-0.3, -0.25) is 0 Å². The van der Waals surface area contributed by atoms with Gasteiger partial charge in [0.25, 0.3) is 0 Å². The Bertz CT molecular complexity index is 729. The van der Waals surface area contributed by atoms with Gasteiger partial charge in [-0.25, -0.2) is 13.6 Å². The molecule has 0 fully saturated rings. The maximum absolute atomic E-state index is 13.5. The first-order valence-corrected chi connectivity index (χ1v) is 7.25. The molecular formula is C15H12Cl2F2N2O2. The molecule has 0 heterocycles. The summed E-state index contributed by atoms with van der Waals surface area (Å²) in [5, 5.41) is 15.3. The highest BCUT2D eigenvalue weighted by atomic mass is 35.5. The van der Waals surface area contributed by atoms with Gasteiger partial charge >= 0.3 is 6.03 Å². The van der Waals surface area contributed by atoms with E-state index < -0.39 is 23.8 Å². The lowest BCUT2D eigenvalue weighted by Gasteiger charge is -2.14. The summed E-state index contributed by atoms with van der Waals surface area (Å²) in [5.74, 6) is -1.64. The fraction of sp³-hybridized carbons (Fsp3) is 0.133. The topological polar surface area (TPSA) is 61.4 Å². The smallest absolute Gasteiger partial charge is 0.319 e. The quantitative estimate of drug-likeness (QED) is 0.767. The van der Waals surface area contributed by atoms with Crippen LogP contribution in [0.3, 0.4) is 0 Å². The number of aliphatic hydroxyl groups is 1. The highest BCUT2D eigenvalue weighted by molar-refractivity contribution is 6.36. The molecule has 8 heteroatoms. The van der Waals surface area contributed by atoms with Crippen LogP contribution < -0.4 is 10.6 Å². The lowest BCUT2D eigenvalue weighted by molar-refractivity contribution is 0.170. The number of nitrogens with one attached hydrogen (secondary N) is 2. The maximum Gasteiger partial charge on any atom is 0.319 e. The van der Waals surface area contributed by atoms with Crippen LogP contribution in [0.5, 0.6) is 0 Å². The molecule has 3 N–H and O–H groups in total. The van der Waals surface area contributed by atoms with Crippen molar-refractivity contribution < 1.29 is 18.7 Å². The number of hydrogen-bond donors (Lipinski definition) is 3. The molecule has 4 nitrogen and oxygen atoms in total. The van der Waals surface area contributed by atoms with Crippen LogP contribution in [-0.4, -0.2) is 17.7 Å². The number of rotatable bonds is 4. The van der Waals surface area contributed by atoms with Crippen LogP contribution in [0.4, 0.5) is 19.3 Å². The van der Waals surface area contributed by atoms with Crippen LogP contribution in [0.15, 0.2) is 36.4 Å². The number of aliphatic hydroxyl groups excluding tert-OH is 1. The first-order valence-electron chi connectivity index (χ1n) is 6.49. The normalized spacial score (nSPS) is 11.9. The second-order valence-corrected chi connectivity index (χ2v) is 5.48. The van der Waals surface area contributed by atoms with Crippen molar-refractivity contribution in [3.8, 4) is 0 Å².